The number of carboxylic acid groups (broad SMARTS) is 1. The van der Waals surface area contributed by atoms with Crippen LogP contribution < -0.4 is 5.69 Å². The fraction of sp³-hybridized carbons (Fsp3) is 0.182. The van der Waals surface area contributed by atoms with Crippen LogP contribution in [0.15, 0.2) is 34.2 Å². The Morgan fingerprint density at radius 2 is 1.95 bits per heavy atom. The molecule has 21 heavy (non-hydrogen) atoms. The molecule has 0 fully saturated rings. The first-order chi connectivity index (χ1) is 9.79. The number of hydrogen-bond acceptors (Lipinski definition) is 4. The summed E-state index contributed by atoms with van der Waals surface area (Å²) in [5.74, 6) is -1.43. The summed E-state index contributed by atoms with van der Waals surface area (Å²) in [6.07, 6.45) is -4.47. The third kappa shape index (κ3) is 3.45. The maximum atomic E-state index is 12.5. The topological polar surface area (TPSA) is 88.0 Å². The molecule has 0 atom stereocenters. The summed E-state index contributed by atoms with van der Waals surface area (Å²) in [7, 11) is 0. The molecule has 6 nitrogen and oxygen atoms in total. The molecule has 0 amide bonds. The van der Waals surface area contributed by atoms with Gasteiger partial charge in [0.05, 0.1) is 17.0 Å². The monoisotopic (exact) mass is 319 g/mol. The average Bonchev–Trinajstić information content (AvgIpc) is 2.76. The van der Waals surface area contributed by atoms with E-state index >= 15 is 0 Å². The first-order valence-corrected chi connectivity index (χ1v) is 6.47. The minimum Gasteiger partial charge on any atom is -0.481 e. The smallest absolute Gasteiger partial charge is 0.416 e. The maximum Gasteiger partial charge on any atom is 0.416 e. The summed E-state index contributed by atoms with van der Waals surface area (Å²) >= 11 is 0.779. The number of alkyl halides is 3. The van der Waals surface area contributed by atoms with Crippen molar-refractivity contribution in [3.8, 4) is 5.69 Å². The van der Waals surface area contributed by atoms with Gasteiger partial charge in [-0.15, -0.1) is 5.10 Å². The Balaban J connectivity index is 2.36. The fourth-order valence-corrected chi connectivity index (χ4v) is 2.21. The van der Waals surface area contributed by atoms with Gasteiger partial charge in [0.2, 0.25) is 0 Å². The number of halogens is 3. The van der Waals surface area contributed by atoms with E-state index in [1.807, 2.05) is 0 Å². The number of benzene rings is 1. The number of rotatable bonds is 4. The van der Waals surface area contributed by atoms with Crippen LogP contribution >= 0.6 is 11.8 Å². The Bertz CT molecular complexity index is 706. The van der Waals surface area contributed by atoms with E-state index in [4.69, 9.17) is 5.11 Å². The Hall–Kier alpha value is -2.23. The van der Waals surface area contributed by atoms with Crippen LogP contribution in [0.1, 0.15) is 5.56 Å². The highest BCUT2D eigenvalue weighted by Crippen LogP contribution is 2.29. The first kappa shape index (κ1) is 15.2. The van der Waals surface area contributed by atoms with E-state index in [0.717, 1.165) is 40.6 Å². The van der Waals surface area contributed by atoms with Crippen molar-refractivity contribution in [3.63, 3.8) is 0 Å². The molecule has 0 aliphatic rings. The predicted molar refractivity (Wildman–Crippen MR) is 67.5 cm³/mol. The molecule has 0 aliphatic heterocycles. The van der Waals surface area contributed by atoms with Crippen molar-refractivity contribution in [3.05, 3.63) is 40.3 Å². The molecule has 1 heterocycles. The Labute approximate surface area is 119 Å². The molecule has 2 aromatic rings. The van der Waals surface area contributed by atoms with Gasteiger partial charge in [0.1, 0.15) is 0 Å². The van der Waals surface area contributed by atoms with Gasteiger partial charge in [0.15, 0.2) is 5.16 Å². The standard InChI is InChI=1S/C11H8F3N3O3S/c12-11(13,14)6-1-3-7(4-2-6)17-9(20)15-16-10(17)21-5-8(18)19/h1-4H,5H2,(H,15,20)(H,18,19). The zero-order valence-electron chi connectivity index (χ0n) is 10.2. The third-order valence-electron chi connectivity index (χ3n) is 2.42. The van der Waals surface area contributed by atoms with E-state index in [2.05, 4.69) is 10.2 Å². The van der Waals surface area contributed by atoms with Crippen LogP contribution in [0.3, 0.4) is 0 Å². The summed E-state index contributed by atoms with van der Waals surface area (Å²) in [6.45, 7) is 0. The van der Waals surface area contributed by atoms with Crippen molar-refractivity contribution in [2.45, 2.75) is 11.3 Å². The highest BCUT2D eigenvalue weighted by Gasteiger charge is 2.30. The van der Waals surface area contributed by atoms with Gasteiger partial charge in [-0.25, -0.2) is 14.5 Å². The molecule has 0 saturated heterocycles. The summed E-state index contributed by atoms with van der Waals surface area (Å²) in [6, 6.07) is 3.90. The summed E-state index contributed by atoms with van der Waals surface area (Å²) in [5, 5.41) is 14.4. The molecule has 1 aromatic carbocycles. The van der Waals surface area contributed by atoms with Crippen LogP contribution in [-0.4, -0.2) is 31.6 Å². The van der Waals surface area contributed by atoms with Crippen molar-refractivity contribution in [2.24, 2.45) is 0 Å². The van der Waals surface area contributed by atoms with E-state index < -0.39 is 23.4 Å². The lowest BCUT2D eigenvalue weighted by Crippen LogP contribution is -2.16. The number of H-pyrrole nitrogens is 1. The number of aliphatic carboxylic acids is 1. The van der Waals surface area contributed by atoms with Crippen molar-refractivity contribution >= 4 is 17.7 Å². The van der Waals surface area contributed by atoms with Gasteiger partial charge in [-0.1, -0.05) is 11.8 Å². The molecule has 2 rings (SSSR count). The van der Waals surface area contributed by atoms with Gasteiger partial charge >= 0.3 is 17.8 Å². The number of carbonyl (C=O) groups is 1. The second-order valence-corrected chi connectivity index (χ2v) is 4.82. The molecule has 0 aliphatic carbocycles. The third-order valence-corrected chi connectivity index (χ3v) is 3.34. The minimum atomic E-state index is -4.47. The lowest BCUT2D eigenvalue weighted by molar-refractivity contribution is -0.137. The number of hydrogen-bond donors (Lipinski definition) is 2. The van der Waals surface area contributed by atoms with Crippen LogP contribution in [0.2, 0.25) is 0 Å². The quantitative estimate of drug-likeness (QED) is 0.838. The molecule has 0 bridgehead atoms. The van der Waals surface area contributed by atoms with Gasteiger partial charge in [0, 0.05) is 0 Å². The number of carboxylic acids is 1. The largest absolute Gasteiger partial charge is 0.481 e. The van der Waals surface area contributed by atoms with E-state index in [9.17, 15) is 22.8 Å². The highest BCUT2D eigenvalue weighted by molar-refractivity contribution is 7.99. The number of nitrogens with one attached hydrogen (secondary N) is 1. The Kier molecular flexibility index (Phi) is 4.07. The van der Waals surface area contributed by atoms with E-state index in [0.29, 0.717) is 0 Å². The summed E-state index contributed by atoms with van der Waals surface area (Å²) < 4.78 is 38.4. The molecular weight excluding hydrogens is 311 g/mol. The molecule has 2 N–H and O–H groups in total. The second kappa shape index (κ2) is 5.64. The number of aromatic amines is 1. The summed E-state index contributed by atoms with van der Waals surface area (Å²) in [5.41, 5.74) is -1.35. The molecule has 1 aromatic heterocycles. The van der Waals surface area contributed by atoms with Gasteiger partial charge < -0.3 is 5.11 Å². The average molecular weight is 319 g/mol. The number of nitrogens with zero attached hydrogens (tertiary/aromatic N) is 2. The Morgan fingerprint density at radius 3 is 2.48 bits per heavy atom. The van der Waals surface area contributed by atoms with Gasteiger partial charge in [0.25, 0.3) is 0 Å². The van der Waals surface area contributed by atoms with Crippen LogP contribution in [0.25, 0.3) is 5.69 Å². The fourth-order valence-electron chi connectivity index (χ4n) is 1.53. The molecule has 112 valence electrons. The molecule has 0 saturated carbocycles. The Morgan fingerprint density at radius 1 is 1.33 bits per heavy atom. The van der Waals surface area contributed by atoms with Crippen molar-refractivity contribution < 1.29 is 23.1 Å². The van der Waals surface area contributed by atoms with Crippen molar-refractivity contribution in [2.75, 3.05) is 5.75 Å². The van der Waals surface area contributed by atoms with Crippen LogP contribution in [0.5, 0.6) is 0 Å². The summed E-state index contributed by atoms with van der Waals surface area (Å²) in [4.78, 5) is 22.1. The molecular formula is C11H8F3N3O3S. The number of aromatic nitrogens is 3. The normalized spacial score (nSPS) is 11.6. The zero-order valence-corrected chi connectivity index (χ0v) is 11.0. The van der Waals surface area contributed by atoms with E-state index in [-0.39, 0.29) is 16.6 Å². The van der Waals surface area contributed by atoms with Crippen molar-refractivity contribution in [1.29, 1.82) is 0 Å². The van der Waals surface area contributed by atoms with Crippen LogP contribution in [0, 0.1) is 0 Å². The SMILES string of the molecule is O=C(O)CSc1n[nH]c(=O)n1-c1ccc(C(F)(F)F)cc1. The minimum absolute atomic E-state index is 0.0576. The lowest BCUT2D eigenvalue weighted by Gasteiger charge is -2.08. The van der Waals surface area contributed by atoms with Crippen molar-refractivity contribution in [1.82, 2.24) is 14.8 Å². The van der Waals surface area contributed by atoms with E-state index in [1.165, 1.54) is 0 Å². The first-order valence-electron chi connectivity index (χ1n) is 5.48. The van der Waals surface area contributed by atoms with Crippen LogP contribution in [0.4, 0.5) is 13.2 Å². The lowest BCUT2D eigenvalue weighted by atomic mass is 10.2. The molecule has 0 unspecified atom stereocenters. The number of thioether (sulfide) groups is 1. The van der Waals surface area contributed by atoms with Gasteiger partial charge in [-0.3, -0.25) is 4.79 Å². The van der Waals surface area contributed by atoms with Gasteiger partial charge in [-0.2, -0.15) is 13.2 Å². The molecule has 10 heteroatoms. The van der Waals surface area contributed by atoms with Gasteiger partial charge in [-0.05, 0) is 24.3 Å². The molecule has 0 radical (unpaired) electrons. The zero-order chi connectivity index (χ0) is 15.6. The van der Waals surface area contributed by atoms with E-state index in [1.54, 1.807) is 0 Å². The van der Waals surface area contributed by atoms with Crippen LogP contribution in [-0.2, 0) is 11.0 Å². The molecule has 0 spiro atoms. The maximum absolute atomic E-state index is 12.5. The predicted octanol–water partition coefficient (Wildman–Crippen LogP) is 1.76. The second-order valence-electron chi connectivity index (χ2n) is 3.87. The highest BCUT2D eigenvalue weighted by atomic mass is 32.2.